The van der Waals surface area contributed by atoms with Crippen molar-refractivity contribution in [1.29, 1.82) is 0 Å². The summed E-state index contributed by atoms with van der Waals surface area (Å²) in [6.07, 6.45) is -0.0306. The summed E-state index contributed by atoms with van der Waals surface area (Å²) in [5.41, 5.74) is 3.18. The lowest BCUT2D eigenvalue weighted by atomic mass is 10.0. The van der Waals surface area contributed by atoms with Gasteiger partial charge in [0.05, 0.1) is 12.1 Å². The van der Waals surface area contributed by atoms with E-state index in [1.807, 2.05) is 32.0 Å². The molecule has 2 aromatic carbocycles. The normalized spacial score (nSPS) is 11.5. The second-order valence-electron chi connectivity index (χ2n) is 8.98. The summed E-state index contributed by atoms with van der Waals surface area (Å²) >= 11 is 0. The van der Waals surface area contributed by atoms with Gasteiger partial charge >= 0.3 is 6.18 Å². The van der Waals surface area contributed by atoms with Gasteiger partial charge in [-0.2, -0.15) is 13.2 Å². The Kier molecular flexibility index (Phi) is 12.5. The van der Waals surface area contributed by atoms with Crippen molar-refractivity contribution in [3.63, 3.8) is 0 Å². The van der Waals surface area contributed by atoms with E-state index in [0.29, 0.717) is 36.7 Å². The molecular weight excluding hydrogens is 535 g/mol. The maximum absolute atomic E-state index is 13.3. The minimum absolute atomic E-state index is 0.0705. The van der Waals surface area contributed by atoms with Crippen LogP contribution < -0.4 is 20.7 Å². The van der Waals surface area contributed by atoms with Crippen LogP contribution in [0.25, 0.3) is 0 Å². The lowest BCUT2D eigenvalue weighted by molar-refractivity contribution is -0.138. The van der Waals surface area contributed by atoms with Crippen LogP contribution >= 0.6 is 0 Å². The first-order valence-electron chi connectivity index (χ1n) is 12.7. The van der Waals surface area contributed by atoms with E-state index in [9.17, 15) is 18.0 Å². The van der Waals surface area contributed by atoms with E-state index in [2.05, 4.69) is 45.9 Å². The van der Waals surface area contributed by atoms with Gasteiger partial charge in [-0.3, -0.25) is 9.78 Å². The molecule has 1 aliphatic heterocycles. The SMILES string of the molecule is CC=C(C)C.CNC=O.Cc1cc(Oc2ccc3c(c2)CN=C(Nc2ccc(CC=O)c(C(F)(F)F)c2)N3)ccn1. The highest BCUT2D eigenvalue weighted by atomic mass is 19.4. The summed E-state index contributed by atoms with van der Waals surface area (Å²) in [6.45, 7) is 8.41. The number of ether oxygens (including phenoxy) is 1. The molecule has 41 heavy (non-hydrogen) atoms. The highest BCUT2D eigenvalue weighted by molar-refractivity contribution is 6.05. The molecule has 218 valence electrons. The zero-order valence-corrected chi connectivity index (χ0v) is 23.6. The van der Waals surface area contributed by atoms with Gasteiger partial charge in [0, 0.05) is 48.4 Å². The molecule has 8 nitrogen and oxygen atoms in total. The van der Waals surface area contributed by atoms with Gasteiger partial charge in [0.2, 0.25) is 12.4 Å². The van der Waals surface area contributed by atoms with Crippen molar-refractivity contribution in [2.24, 2.45) is 4.99 Å². The molecule has 2 heterocycles. The summed E-state index contributed by atoms with van der Waals surface area (Å²) in [7, 11) is 1.56. The number of rotatable bonds is 6. The molecule has 3 aromatic rings. The van der Waals surface area contributed by atoms with Crippen LogP contribution in [0.2, 0.25) is 0 Å². The van der Waals surface area contributed by atoms with Crippen LogP contribution in [0.5, 0.6) is 11.5 Å². The molecular formula is C30H34F3N5O3. The first-order chi connectivity index (χ1) is 19.5. The summed E-state index contributed by atoms with van der Waals surface area (Å²) in [5.74, 6) is 1.64. The first kappa shape index (κ1) is 32.5. The van der Waals surface area contributed by atoms with Gasteiger partial charge in [-0.25, -0.2) is 4.99 Å². The van der Waals surface area contributed by atoms with Gasteiger partial charge < -0.3 is 25.5 Å². The number of guanidine groups is 1. The second-order valence-corrected chi connectivity index (χ2v) is 8.98. The van der Waals surface area contributed by atoms with Crippen molar-refractivity contribution >= 4 is 30.0 Å². The summed E-state index contributed by atoms with van der Waals surface area (Å²) in [6, 6.07) is 12.8. The number of halogens is 3. The Bertz CT molecular complexity index is 1380. The number of allylic oxidation sites excluding steroid dienone is 2. The molecule has 3 N–H and O–H groups in total. The predicted octanol–water partition coefficient (Wildman–Crippen LogP) is 6.67. The molecule has 1 aliphatic rings. The molecule has 1 amide bonds. The lowest BCUT2D eigenvalue weighted by Crippen LogP contribution is -2.26. The highest BCUT2D eigenvalue weighted by Gasteiger charge is 2.33. The van der Waals surface area contributed by atoms with E-state index in [0.717, 1.165) is 23.0 Å². The van der Waals surface area contributed by atoms with E-state index < -0.39 is 11.7 Å². The Morgan fingerprint density at radius 1 is 1.07 bits per heavy atom. The number of carbonyl (C=O) groups excluding carboxylic acids is 2. The van der Waals surface area contributed by atoms with Crippen molar-refractivity contribution in [2.75, 3.05) is 17.7 Å². The van der Waals surface area contributed by atoms with Crippen LogP contribution in [0, 0.1) is 6.92 Å². The average Bonchev–Trinajstić information content (AvgIpc) is 2.94. The molecule has 0 atom stereocenters. The summed E-state index contributed by atoms with van der Waals surface area (Å²) in [4.78, 5) is 28.3. The second kappa shape index (κ2) is 15.8. The van der Waals surface area contributed by atoms with Gasteiger partial charge in [-0.05, 0) is 69.7 Å². The van der Waals surface area contributed by atoms with Gasteiger partial charge in [-0.1, -0.05) is 17.7 Å². The number of benzene rings is 2. The Morgan fingerprint density at radius 2 is 1.76 bits per heavy atom. The van der Waals surface area contributed by atoms with E-state index >= 15 is 0 Å². The fourth-order valence-electron chi connectivity index (χ4n) is 3.33. The smallest absolute Gasteiger partial charge is 0.416 e. The zero-order valence-electron chi connectivity index (χ0n) is 23.6. The number of amides is 1. The number of pyridine rings is 1. The number of hydrogen-bond acceptors (Lipinski definition) is 7. The van der Waals surface area contributed by atoms with E-state index in [-0.39, 0.29) is 17.7 Å². The maximum Gasteiger partial charge on any atom is 0.416 e. The van der Waals surface area contributed by atoms with Crippen molar-refractivity contribution in [2.45, 2.75) is 46.8 Å². The van der Waals surface area contributed by atoms with Crippen molar-refractivity contribution in [3.05, 3.63) is 88.8 Å². The number of aliphatic imine (C=N–C) groups is 1. The molecule has 0 unspecified atom stereocenters. The molecule has 0 bridgehead atoms. The Morgan fingerprint density at radius 3 is 2.34 bits per heavy atom. The standard InChI is InChI=1S/C23H19F3N4O2.C5H10.C2H5NO/c1-14-10-19(6-8-27-14)32-18-4-5-21-16(11-18)13-28-22(30-21)29-17-3-2-15(7-9-31)20(12-17)23(24,25)26;1-4-5(2)3;1-3-2-4/h2-6,8-12H,7,13H2,1H3,(H2,28,29,30);4H,1-3H3;2H,1H3,(H,3,4). The van der Waals surface area contributed by atoms with Crippen molar-refractivity contribution in [3.8, 4) is 11.5 Å². The number of hydrogen-bond donors (Lipinski definition) is 3. The first-order valence-corrected chi connectivity index (χ1v) is 12.7. The van der Waals surface area contributed by atoms with Crippen LogP contribution in [-0.4, -0.2) is 30.7 Å². The molecule has 0 saturated carbocycles. The molecule has 0 fully saturated rings. The molecule has 0 spiro atoms. The largest absolute Gasteiger partial charge is 0.457 e. The van der Waals surface area contributed by atoms with Crippen molar-refractivity contribution in [1.82, 2.24) is 10.3 Å². The third-order valence-corrected chi connectivity index (χ3v) is 5.52. The number of nitrogens with one attached hydrogen (secondary N) is 3. The summed E-state index contributed by atoms with van der Waals surface area (Å²) in [5, 5.41) is 8.21. The third kappa shape index (κ3) is 10.8. The van der Waals surface area contributed by atoms with Crippen LogP contribution in [0.15, 0.2) is 71.4 Å². The molecule has 0 aliphatic carbocycles. The molecule has 1 aromatic heterocycles. The number of fused-ring (bicyclic) bond motifs is 1. The highest BCUT2D eigenvalue weighted by Crippen LogP contribution is 2.34. The molecule has 11 heteroatoms. The number of anilines is 2. The quantitative estimate of drug-likeness (QED) is 0.226. The molecule has 0 saturated heterocycles. The fourth-order valence-corrected chi connectivity index (χ4v) is 3.33. The Balaban J connectivity index is 0.000000571. The summed E-state index contributed by atoms with van der Waals surface area (Å²) < 4.78 is 45.9. The van der Waals surface area contributed by atoms with Crippen LogP contribution in [0.4, 0.5) is 24.5 Å². The lowest BCUT2D eigenvalue weighted by Gasteiger charge is -2.21. The fraction of sp³-hybridized carbons (Fsp3) is 0.267. The number of aldehydes is 1. The monoisotopic (exact) mass is 569 g/mol. The minimum Gasteiger partial charge on any atom is -0.457 e. The van der Waals surface area contributed by atoms with Crippen LogP contribution in [0.1, 0.15) is 43.2 Å². The predicted molar refractivity (Wildman–Crippen MR) is 155 cm³/mol. The Hall–Kier alpha value is -4.67. The maximum atomic E-state index is 13.3. The number of aryl methyl sites for hydroxylation is 1. The van der Waals surface area contributed by atoms with E-state index in [4.69, 9.17) is 9.53 Å². The third-order valence-electron chi connectivity index (χ3n) is 5.52. The van der Waals surface area contributed by atoms with E-state index in [1.165, 1.54) is 17.7 Å². The van der Waals surface area contributed by atoms with Crippen LogP contribution in [0.3, 0.4) is 0 Å². The van der Waals surface area contributed by atoms with Gasteiger partial charge in [0.25, 0.3) is 0 Å². The number of nitrogens with zero attached hydrogens (tertiary/aromatic N) is 2. The van der Waals surface area contributed by atoms with Gasteiger partial charge in [0.15, 0.2) is 0 Å². The number of alkyl halides is 3. The van der Waals surface area contributed by atoms with Crippen molar-refractivity contribution < 1.29 is 27.5 Å². The molecule has 0 radical (unpaired) electrons. The average molecular weight is 570 g/mol. The topological polar surface area (TPSA) is 105 Å². The van der Waals surface area contributed by atoms with E-state index in [1.54, 1.807) is 25.4 Å². The number of aromatic nitrogens is 1. The van der Waals surface area contributed by atoms with Crippen LogP contribution in [-0.2, 0) is 28.7 Å². The minimum atomic E-state index is -4.56. The van der Waals surface area contributed by atoms with Gasteiger partial charge in [-0.15, -0.1) is 0 Å². The Labute approximate surface area is 237 Å². The molecule has 4 rings (SSSR count). The number of carbonyl (C=O) groups is 2. The zero-order chi connectivity index (χ0) is 30.4. The van der Waals surface area contributed by atoms with Gasteiger partial charge in [0.1, 0.15) is 17.8 Å².